The van der Waals surface area contributed by atoms with Gasteiger partial charge in [-0.3, -0.25) is 10.4 Å². The number of nitrogens with one attached hydrogen (secondary N) is 2. The zero-order valence-electron chi connectivity index (χ0n) is 13.8. The molecule has 1 atom stereocenters. The molecule has 7 nitrogen and oxygen atoms in total. The molecule has 0 aromatic heterocycles. The molecule has 126 valence electrons. The second kappa shape index (κ2) is 6.18. The summed E-state index contributed by atoms with van der Waals surface area (Å²) in [7, 11) is 4.09. The largest absolute Gasteiger partial charge is 0.378 e. The third-order valence-corrected chi connectivity index (χ3v) is 5.21. The van der Waals surface area contributed by atoms with E-state index in [0.29, 0.717) is 12.6 Å². The van der Waals surface area contributed by atoms with Crippen molar-refractivity contribution in [1.82, 2.24) is 20.8 Å². The van der Waals surface area contributed by atoms with E-state index in [9.17, 15) is 0 Å². The normalized spacial score (nSPS) is 25.2. The van der Waals surface area contributed by atoms with Gasteiger partial charge in [-0.25, -0.2) is 5.01 Å². The lowest BCUT2D eigenvalue weighted by atomic mass is 9.89. The first-order valence-corrected chi connectivity index (χ1v) is 8.52. The average molecular weight is 382 g/mol. The van der Waals surface area contributed by atoms with Crippen LogP contribution in [0.1, 0.15) is 12.5 Å². The van der Waals surface area contributed by atoms with Crippen LogP contribution in [0, 0.1) is 0 Å². The molecule has 1 saturated heterocycles. The number of piperazine rings is 1. The number of anilines is 1. The summed E-state index contributed by atoms with van der Waals surface area (Å²) in [6, 6.07) is 6.50. The topological polar surface area (TPSA) is 72.2 Å². The average Bonchev–Trinajstić information content (AvgIpc) is 2.93. The first-order valence-electron chi connectivity index (χ1n) is 7.72. The highest BCUT2D eigenvalue weighted by atomic mass is 79.9. The van der Waals surface area contributed by atoms with Crippen LogP contribution >= 0.6 is 15.9 Å². The summed E-state index contributed by atoms with van der Waals surface area (Å²) in [4.78, 5) is 2.10. The Balaban J connectivity index is 1.98. The van der Waals surface area contributed by atoms with E-state index in [2.05, 4.69) is 66.8 Å². The molecule has 0 bridgehead atoms. The van der Waals surface area contributed by atoms with Crippen molar-refractivity contribution in [3.8, 4) is 0 Å². The summed E-state index contributed by atoms with van der Waals surface area (Å²) in [5.41, 5.74) is 11.2. The summed E-state index contributed by atoms with van der Waals surface area (Å²) in [6.07, 6.45) is 0. The summed E-state index contributed by atoms with van der Waals surface area (Å²) in [5, 5.41) is 11.9. The Morgan fingerprint density at radius 2 is 2.17 bits per heavy atom. The lowest BCUT2D eigenvalue weighted by Gasteiger charge is -2.49. The van der Waals surface area contributed by atoms with Crippen LogP contribution < -0.4 is 21.4 Å². The zero-order chi connectivity index (χ0) is 16.6. The molecule has 1 fully saturated rings. The van der Waals surface area contributed by atoms with Crippen LogP contribution in [0.15, 0.2) is 27.8 Å². The van der Waals surface area contributed by atoms with E-state index in [0.717, 1.165) is 24.1 Å². The first-order chi connectivity index (χ1) is 10.9. The molecular weight excluding hydrogens is 358 g/mol. The Hall–Kier alpha value is -1.51. The Labute approximate surface area is 145 Å². The summed E-state index contributed by atoms with van der Waals surface area (Å²) in [5.74, 6) is 0.513. The van der Waals surface area contributed by atoms with Crippen LogP contribution in [0.3, 0.4) is 0 Å². The quantitative estimate of drug-likeness (QED) is 0.713. The molecule has 1 aromatic rings. The Bertz CT molecular complexity index is 618. The minimum atomic E-state index is -0.214. The minimum absolute atomic E-state index is 0.214. The molecule has 2 heterocycles. The Morgan fingerprint density at radius 1 is 1.39 bits per heavy atom. The third kappa shape index (κ3) is 2.86. The van der Waals surface area contributed by atoms with Crippen LogP contribution in [0.25, 0.3) is 0 Å². The molecule has 23 heavy (non-hydrogen) atoms. The number of benzene rings is 1. The summed E-state index contributed by atoms with van der Waals surface area (Å²) < 4.78 is 1.10. The maximum absolute atomic E-state index is 6.04. The summed E-state index contributed by atoms with van der Waals surface area (Å²) >= 11 is 3.76. The van der Waals surface area contributed by atoms with Gasteiger partial charge in [-0.1, -0.05) is 22.0 Å². The van der Waals surface area contributed by atoms with Crippen molar-refractivity contribution in [3.63, 3.8) is 0 Å². The van der Waals surface area contributed by atoms with Gasteiger partial charge >= 0.3 is 0 Å². The van der Waals surface area contributed by atoms with Gasteiger partial charge in [0, 0.05) is 43.9 Å². The van der Waals surface area contributed by atoms with Crippen molar-refractivity contribution in [2.24, 2.45) is 10.8 Å². The van der Waals surface area contributed by atoms with E-state index in [4.69, 9.17) is 5.73 Å². The number of hydrogen-bond donors (Lipinski definition) is 3. The van der Waals surface area contributed by atoms with Crippen molar-refractivity contribution in [3.05, 3.63) is 28.2 Å². The first kappa shape index (κ1) is 16.4. The van der Waals surface area contributed by atoms with Gasteiger partial charge in [-0.2, -0.15) is 0 Å². The number of hydrazone groups is 1. The van der Waals surface area contributed by atoms with Crippen LogP contribution in [-0.4, -0.2) is 56.4 Å². The fraction of sp³-hybridized carbons (Fsp3) is 0.533. The zero-order valence-corrected chi connectivity index (χ0v) is 15.4. The van der Waals surface area contributed by atoms with Crippen LogP contribution in [0.2, 0.25) is 0 Å². The van der Waals surface area contributed by atoms with Crippen LogP contribution in [0.4, 0.5) is 5.69 Å². The van der Waals surface area contributed by atoms with Crippen molar-refractivity contribution >= 4 is 27.6 Å². The van der Waals surface area contributed by atoms with E-state index >= 15 is 0 Å². The predicted molar refractivity (Wildman–Crippen MR) is 96.9 cm³/mol. The van der Waals surface area contributed by atoms with Gasteiger partial charge in [0.2, 0.25) is 5.96 Å². The number of halogens is 1. The van der Waals surface area contributed by atoms with E-state index < -0.39 is 0 Å². The van der Waals surface area contributed by atoms with E-state index in [1.54, 1.807) is 0 Å². The molecule has 3 rings (SSSR count). The molecule has 0 aliphatic carbocycles. The molecule has 2 aliphatic heterocycles. The molecule has 8 heteroatoms. The Morgan fingerprint density at radius 3 is 2.78 bits per heavy atom. The second-order valence-corrected chi connectivity index (χ2v) is 7.17. The SMILES string of the molecule is CN(C)c1ccc(C2(C)CNCCN2N2CNN=C2N)c(Br)c1. The lowest BCUT2D eigenvalue weighted by molar-refractivity contribution is -0.0718. The molecule has 1 aromatic carbocycles. The maximum Gasteiger partial charge on any atom is 0.230 e. The number of hydrazine groups is 1. The number of nitrogens with two attached hydrogens (primary N) is 1. The fourth-order valence-electron chi connectivity index (χ4n) is 3.23. The van der Waals surface area contributed by atoms with Gasteiger partial charge in [-0.15, -0.1) is 5.10 Å². The van der Waals surface area contributed by atoms with Crippen LogP contribution in [-0.2, 0) is 5.54 Å². The van der Waals surface area contributed by atoms with Crippen molar-refractivity contribution in [2.75, 3.05) is 45.3 Å². The van der Waals surface area contributed by atoms with Crippen LogP contribution in [0.5, 0.6) is 0 Å². The predicted octanol–water partition coefficient (Wildman–Crippen LogP) is 0.643. The molecule has 0 saturated carbocycles. The number of guanidine groups is 1. The molecule has 2 aliphatic rings. The standard InChI is InChI=1S/C15H24BrN7/c1-15(12-5-4-11(21(2)3)8-13(12)16)9-18-6-7-23(15)22-10-19-20-14(22)17/h4-5,8,18-19H,6-7,9-10H2,1-3H3,(H2,17,20). The molecule has 0 amide bonds. The fourth-order valence-corrected chi connectivity index (χ4v) is 4.02. The monoisotopic (exact) mass is 381 g/mol. The third-order valence-electron chi connectivity index (χ3n) is 4.56. The van der Waals surface area contributed by atoms with Gasteiger partial charge in [0.25, 0.3) is 0 Å². The second-order valence-electron chi connectivity index (χ2n) is 6.32. The highest BCUT2D eigenvalue weighted by molar-refractivity contribution is 9.10. The van der Waals surface area contributed by atoms with E-state index in [-0.39, 0.29) is 5.54 Å². The van der Waals surface area contributed by atoms with Crippen molar-refractivity contribution in [2.45, 2.75) is 12.5 Å². The van der Waals surface area contributed by atoms with Gasteiger partial charge in [0.15, 0.2) is 0 Å². The molecule has 0 spiro atoms. The molecule has 4 N–H and O–H groups in total. The highest BCUT2D eigenvalue weighted by Gasteiger charge is 2.42. The van der Waals surface area contributed by atoms with E-state index in [1.807, 2.05) is 19.1 Å². The number of hydrogen-bond acceptors (Lipinski definition) is 7. The maximum atomic E-state index is 6.04. The number of rotatable bonds is 3. The molecule has 0 radical (unpaired) electrons. The molecular formula is C15H24BrN7. The molecule has 1 unspecified atom stereocenters. The van der Waals surface area contributed by atoms with E-state index in [1.165, 1.54) is 11.3 Å². The number of nitrogens with zero attached hydrogens (tertiary/aromatic N) is 4. The van der Waals surface area contributed by atoms with Gasteiger partial charge in [0.05, 0.1) is 5.54 Å². The minimum Gasteiger partial charge on any atom is -0.378 e. The smallest absolute Gasteiger partial charge is 0.230 e. The van der Waals surface area contributed by atoms with Crippen molar-refractivity contribution < 1.29 is 0 Å². The summed E-state index contributed by atoms with van der Waals surface area (Å²) in [6.45, 7) is 5.48. The Kier molecular flexibility index (Phi) is 4.39. The van der Waals surface area contributed by atoms with Gasteiger partial charge in [-0.05, 0) is 24.6 Å². The lowest BCUT2D eigenvalue weighted by Crippen LogP contribution is -2.65. The van der Waals surface area contributed by atoms with Gasteiger partial charge < -0.3 is 16.0 Å². The highest BCUT2D eigenvalue weighted by Crippen LogP contribution is 2.37. The van der Waals surface area contributed by atoms with Crippen molar-refractivity contribution in [1.29, 1.82) is 0 Å². The van der Waals surface area contributed by atoms with Gasteiger partial charge in [0.1, 0.15) is 6.67 Å².